The Kier molecular flexibility index (Phi) is 5.47. The molecule has 0 aliphatic carbocycles. The number of aliphatic hydroxyl groups excluding tert-OH is 1. The van der Waals surface area contributed by atoms with E-state index in [1.165, 1.54) is 0 Å². The van der Waals surface area contributed by atoms with Crippen LogP contribution in [0, 0.1) is 0 Å². The van der Waals surface area contributed by atoms with Crippen LogP contribution >= 0.6 is 11.6 Å². The average molecular weight is 276 g/mol. The van der Waals surface area contributed by atoms with E-state index in [1.54, 1.807) is 4.90 Å². The lowest BCUT2D eigenvalue weighted by molar-refractivity contribution is 0.0258. The second kappa shape index (κ2) is 6.43. The van der Waals surface area contributed by atoms with Gasteiger partial charge in [0.25, 0.3) is 0 Å². The van der Waals surface area contributed by atoms with Crippen LogP contribution in [0.5, 0.6) is 0 Å². The molecule has 4 nitrogen and oxygen atoms in total. The van der Waals surface area contributed by atoms with E-state index >= 15 is 0 Å². The summed E-state index contributed by atoms with van der Waals surface area (Å²) < 4.78 is 5.34. The summed E-state index contributed by atoms with van der Waals surface area (Å²) in [5.41, 5.74) is 0.579. The number of carbonyl (C=O) groups is 1. The van der Waals surface area contributed by atoms with E-state index in [1.807, 2.05) is 20.8 Å². The lowest BCUT2D eigenvalue weighted by Crippen LogP contribution is -2.37. The molecule has 1 heterocycles. The molecule has 0 atom stereocenters. The maximum atomic E-state index is 11.9. The predicted octanol–water partition coefficient (Wildman–Crippen LogP) is 2.89. The van der Waals surface area contributed by atoms with Gasteiger partial charge >= 0.3 is 6.09 Å². The molecule has 1 aliphatic heterocycles. The number of likely N-dealkylation sites (tertiary alicyclic amines) is 1. The first-order chi connectivity index (χ1) is 8.33. The molecule has 0 aromatic heterocycles. The zero-order chi connectivity index (χ0) is 13.8. The van der Waals surface area contributed by atoms with Crippen LogP contribution in [0.4, 0.5) is 4.79 Å². The van der Waals surface area contributed by atoms with Gasteiger partial charge in [0, 0.05) is 18.1 Å². The fourth-order valence-electron chi connectivity index (χ4n) is 1.88. The van der Waals surface area contributed by atoms with E-state index in [4.69, 9.17) is 21.4 Å². The lowest BCUT2D eigenvalue weighted by Gasteiger charge is -2.26. The predicted molar refractivity (Wildman–Crippen MR) is 71.6 cm³/mol. The van der Waals surface area contributed by atoms with Crippen molar-refractivity contribution in [2.75, 3.05) is 19.7 Å². The number of hydrogen-bond acceptors (Lipinski definition) is 3. The van der Waals surface area contributed by atoms with Gasteiger partial charge in [-0.2, -0.15) is 0 Å². The van der Waals surface area contributed by atoms with E-state index in [2.05, 4.69) is 0 Å². The monoisotopic (exact) mass is 275 g/mol. The highest BCUT2D eigenvalue weighted by atomic mass is 35.5. The molecule has 0 bridgehead atoms. The van der Waals surface area contributed by atoms with Crippen LogP contribution in [-0.4, -0.2) is 41.4 Å². The van der Waals surface area contributed by atoms with Crippen LogP contribution in [0.3, 0.4) is 0 Å². The molecule has 1 N–H and O–H groups in total. The van der Waals surface area contributed by atoms with Crippen molar-refractivity contribution in [3.8, 4) is 0 Å². The zero-order valence-corrected chi connectivity index (χ0v) is 12.1. The lowest BCUT2D eigenvalue weighted by atomic mass is 10.1. The van der Waals surface area contributed by atoms with Gasteiger partial charge in [-0.3, -0.25) is 0 Å². The second-order valence-electron chi connectivity index (χ2n) is 5.49. The summed E-state index contributed by atoms with van der Waals surface area (Å²) in [7, 11) is 0. The molecule has 1 saturated heterocycles. The highest BCUT2D eigenvalue weighted by molar-refractivity contribution is 6.30. The van der Waals surface area contributed by atoms with Crippen molar-refractivity contribution in [2.45, 2.75) is 45.6 Å². The van der Waals surface area contributed by atoms with Crippen molar-refractivity contribution in [3.63, 3.8) is 0 Å². The summed E-state index contributed by atoms with van der Waals surface area (Å²) in [5.74, 6) is 0. The van der Waals surface area contributed by atoms with E-state index in [9.17, 15) is 4.79 Å². The van der Waals surface area contributed by atoms with Crippen molar-refractivity contribution in [1.29, 1.82) is 0 Å². The smallest absolute Gasteiger partial charge is 0.410 e. The molecule has 0 saturated carbocycles. The minimum atomic E-state index is -0.467. The van der Waals surface area contributed by atoms with Gasteiger partial charge < -0.3 is 14.7 Å². The first-order valence-corrected chi connectivity index (χ1v) is 6.66. The van der Waals surface area contributed by atoms with Gasteiger partial charge in [0.1, 0.15) is 5.60 Å². The molecular formula is C13H22ClNO3. The van der Waals surface area contributed by atoms with Gasteiger partial charge in [-0.25, -0.2) is 4.79 Å². The Morgan fingerprint density at radius 1 is 1.39 bits per heavy atom. The Bertz CT molecular complexity index is 334. The summed E-state index contributed by atoms with van der Waals surface area (Å²) in [5, 5.41) is 9.53. The number of ether oxygens (including phenoxy) is 1. The summed E-state index contributed by atoms with van der Waals surface area (Å²) >= 11 is 5.95. The average Bonchev–Trinajstić information content (AvgIpc) is 2.51. The third-order valence-electron chi connectivity index (χ3n) is 2.76. The van der Waals surface area contributed by atoms with Gasteiger partial charge in [0.05, 0.1) is 6.61 Å². The Labute approximate surface area is 114 Å². The van der Waals surface area contributed by atoms with Crippen molar-refractivity contribution in [2.24, 2.45) is 0 Å². The van der Waals surface area contributed by atoms with Gasteiger partial charge in [-0.1, -0.05) is 17.2 Å². The van der Waals surface area contributed by atoms with Gasteiger partial charge in [0.15, 0.2) is 0 Å². The van der Waals surface area contributed by atoms with Crippen LogP contribution in [0.25, 0.3) is 0 Å². The molecule has 0 aromatic rings. The molecule has 1 aliphatic rings. The number of nitrogens with zero attached hydrogens (tertiary/aromatic N) is 1. The highest BCUT2D eigenvalue weighted by Crippen LogP contribution is 2.23. The minimum absolute atomic E-state index is 0.122. The number of aliphatic hydroxyl groups is 1. The molecule has 18 heavy (non-hydrogen) atoms. The molecule has 1 fully saturated rings. The maximum absolute atomic E-state index is 11.9. The van der Waals surface area contributed by atoms with Crippen LogP contribution in [-0.2, 0) is 4.74 Å². The fraction of sp³-hybridized carbons (Fsp3) is 0.769. The Morgan fingerprint density at radius 2 is 2.06 bits per heavy atom. The fourth-order valence-corrected chi connectivity index (χ4v) is 2.07. The third kappa shape index (κ3) is 4.86. The molecule has 1 amide bonds. The topological polar surface area (TPSA) is 49.8 Å². The number of hydrogen-bond donors (Lipinski definition) is 1. The molecule has 104 valence electrons. The highest BCUT2D eigenvalue weighted by Gasteiger charge is 2.24. The first-order valence-electron chi connectivity index (χ1n) is 6.28. The number of halogens is 1. The first kappa shape index (κ1) is 15.3. The van der Waals surface area contributed by atoms with E-state index < -0.39 is 5.60 Å². The second-order valence-corrected chi connectivity index (χ2v) is 5.94. The van der Waals surface area contributed by atoms with E-state index in [-0.39, 0.29) is 12.7 Å². The zero-order valence-electron chi connectivity index (χ0n) is 11.3. The van der Waals surface area contributed by atoms with Crippen molar-refractivity contribution in [3.05, 3.63) is 10.6 Å². The Hall–Kier alpha value is -0.740. The molecule has 0 aromatic carbocycles. The molecule has 0 radical (unpaired) electrons. The van der Waals surface area contributed by atoms with Crippen molar-refractivity contribution < 1.29 is 14.6 Å². The van der Waals surface area contributed by atoms with Crippen LogP contribution in [0.15, 0.2) is 10.6 Å². The summed E-state index contributed by atoms with van der Waals surface area (Å²) in [6, 6.07) is 0. The van der Waals surface area contributed by atoms with E-state index in [0.717, 1.165) is 18.4 Å². The van der Waals surface area contributed by atoms with Gasteiger partial charge in [0.2, 0.25) is 0 Å². The number of amides is 1. The summed E-state index contributed by atoms with van der Waals surface area (Å²) in [4.78, 5) is 13.6. The Morgan fingerprint density at radius 3 is 2.61 bits per heavy atom. The van der Waals surface area contributed by atoms with Crippen LogP contribution in [0.1, 0.15) is 40.0 Å². The van der Waals surface area contributed by atoms with Crippen LogP contribution < -0.4 is 0 Å². The Balaban J connectivity index is 2.60. The van der Waals surface area contributed by atoms with Crippen LogP contribution in [0.2, 0.25) is 0 Å². The van der Waals surface area contributed by atoms with Crippen molar-refractivity contribution >= 4 is 17.7 Å². The van der Waals surface area contributed by atoms with Gasteiger partial charge in [-0.15, -0.1) is 0 Å². The molecule has 5 heteroatoms. The third-order valence-corrected chi connectivity index (χ3v) is 3.15. The molecular weight excluding hydrogens is 254 g/mol. The summed E-state index contributed by atoms with van der Waals surface area (Å²) in [6.45, 7) is 6.72. The van der Waals surface area contributed by atoms with Crippen molar-refractivity contribution in [1.82, 2.24) is 4.90 Å². The quantitative estimate of drug-likeness (QED) is 0.800. The number of rotatable bonds is 1. The molecule has 1 rings (SSSR count). The van der Waals surface area contributed by atoms with E-state index in [0.29, 0.717) is 24.5 Å². The van der Waals surface area contributed by atoms with Gasteiger partial charge in [-0.05, 0) is 40.0 Å². The standard InChI is InChI=1S/C13H22ClNO3/c1-13(2,3)18-12(17)15-7-4-5-10(6-8-15)11(14)9-16/h16H,4-9H2,1-3H3/b11-10+. The molecule has 0 unspecified atom stereocenters. The SMILES string of the molecule is CC(C)(C)OC(=O)N1CCC/C(=C(\Cl)CO)CC1. The minimum Gasteiger partial charge on any atom is -0.444 e. The largest absolute Gasteiger partial charge is 0.444 e. The molecule has 0 spiro atoms. The number of carbonyl (C=O) groups excluding carboxylic acids is 1. The summed E-state index contributed by atoms with van der Waals surface area (Å²) in [6.07, 6.45) is 2.12. The maximum Gasteiger partial charge on any atom is 0.410 e. The normalized spacial score (nSPS) is 20.4.